The van der Waals surface area contributed by atoms with Crippen LogP contribution in [0.15, 0.2) is 0 Å². The minimum absolute atomic E-state index is 0. The molecule has 2 aliphatic carbocycles. The molecule has 6 nitrogen and oxygen atoms in total. The molecule has 0 heterocycles. The molecule has 0 spiro atoms. The number of nitrogens with one attached hydrogen (secondary N) is 2. The Bertz CT molecular complexity index is 436. The number of nitrogens with two attached hydrogens (primary N) is 1. The third kappa shape index (κ3) is 4.59. The van der Waals surface area contributed by atoms with Crippen LogP contribution in [0.4, 0.5) is 0 Å². The average molecular weight is 312 g/mol. The van der Waals surface area contributed by atoms with Gasteiger partial charge in [-0.3, -0.25) is 4.79 Å². The molecular weight excluding hydrogens is 290 g/mol. The van der Waals surface area contributed by atoms with E-state index in [0.717, 1.165) is 32.1 Å². The van der Waals surface area contributed by atoms with Crippen molar-refractivity contribution in [3.63, 3.8) is 0 Å². The maximum atomic E-state index is 11.7. The Morgan fingerprint density at radius 3 is 2.53 bits per heavy atom. The molecule has 1 amide bonds. The van der Waals surface area contributed by atoms with Crippen LogP contribution in [0.25, 0.3) is 0 Å². The molecule has 0 aliphatic heterocycles. The summed E-state index contributed by atoms with van der Waals surface area (Å²) >= 11 is 0. The molecule has 8 heteroatoms. The predicted octanol–water partition coefficient (Wildman–Crippen LogP) is -0.266. The van der Waals surface area contributed by atoms with Gasteiger partial charge in [0.1, 0.15) is 0 Å². The normalized spacial score (nSPS) is 28.5. The van der Waals surface area contributed by atoms with Crippen molar-refractivity contribution in [2.24, 2.45) is 11.7 Å². The molecule has 4 N–H and O–H groups in total. The fraction of sp³-hybridized carbons (Fsp3) is 0.909. The summed E-state index contributed by atoms with van der Waals surface area (Å²) in [5.74, 6) is 0.0681. The number of sulfonamides is 1. The second kappa shape index (κ2) is 5.95. The molecule has 2 saturated carbocycles. The van der Waals surface area contributed by atoms with E-state index >= 15 is 0 Å². The SMILES string of the molecule is CS(=O)(=O)NC1CCCC1CNC(=O)C1(N)CC1.Cl. The monoisotopic (exact) mass is 311 g/mol. The first-order valence-corrected chi connectivity index (χ1v) is 8.24. The van der Waals surface area contributed by atoms with Crippen molar-refractivity contribution in [2.75, 3.05) is 12.8 Å². The second-order valence-electron chi connectivity index (χ2n) is 5.55. The summed E-state index contributed by atoms with van der Waals surface area (Å²) < 4.78 is 25.1. The molecule has 19 heavy (non-hydrogen) atoms. The number of carbonyl (C=O) groups is 1. The van der Waals surface area contributed by atoms with Crippen LogP contribution in [0.5, 0.6) is 0 Å². The summed E-state index contributed by atoms with van der Waals surface area (Å²) in [6, 6.07) is -0.0618. The standard InChI is InChI=1S/C11H21N3O3S.ClH/c1-18(16,17)14-9-4-2-3-8(9)7-13-10(15)11(12)5-6-11;/h8-9,14H,2-7,12H2,1H3,(H,13,15);1H. The van der Waals surface area contributed by atoms with E-state index in [0.29, 0.717) is 6.54 Å². The molecule has 2 unspecified atom stereocenters. The van der Waals surface area contributed by atoms with E-state index in [-0.39, 0.29) is 30.3 Å². The van der Waals surface area contributed by atoms with E-state index in [9.17, 15) is 13.2 Å². The molecule has 2 rings (SSSR count). The van der Waals surface area contributed by atoms with Crippen molar-refractivity contribution in [3.05, 3.63) is 0 Å². The number of halogens is 1. The van der Waals surface area contributed by atoms with Crippen molar-refractivity contribution < 1.29 is 13.2 Å². The molecular formula is C11H22ClN3O3S. The highest BCUT2D eigenvalue weighted by atomic mass is 35.5. The fourth-order valence-electron chi connectivity index (χ4n) is 2.47. The first-order chi connectivity index (χ1) is 8.30. The van der Waals surface area contributed by atoms with Gasteiger partial charge in [0.15, 0.2) is 0 Å². The van der Waals surface area contributed by atoms with Gasteiger partial charge in [0, 0.05) is 12.6 Å². The third-order valence-corrected chi connectivity index (χ3v) is 4.52. The summed E-state index contributed by atoms with van der Waals surface area (Å²) in [4.78, 5) is 11.7. The highest BCUT2D eigenvalue weighted by Crippen LogP contribution is 2.32. The minimum atomic E-state index is -3.18. The lowest BCUT2D eigenvalue weighted by molar-refractivity contribution is -0.123. The van der Waals surface area contributed by atoms with Crippen molar-refractivity contribution in [2.45, 2.75) is 43.7 Å². The largest absolute Gasteiger partial charge is 0.354 e. The number of rotatable bonds is 5. The molecule has 2 fully saturated rings. The molecule has 2 atom stereocenters. The van der Waals surface area contributed by atoms with E-state index in [1.807, 2.05) is 0 Å². The van der Waals surface area contributed by atoms with Gasteiger partial charge in [0.2, 0.25) is 15.9 Å². The van der Waals surface area contributed by atoms with Gasteiger partial charge in [-0.05, 0) is 31.6 Å². The third-order valence-electron chi connectivity index (χ3n) is 3.79. The van der Waals surface area contributed by atoms with E-state index in [2.05, 4.69) is 10.0 Å². The quantitative estimate of drug-likeness (QED) is 0.650. The zero-order chi connectivity index (χ0) is 13.4. The number of carbonyl (C=O) groups excluding carboxylic acids is 1. The minimum Gasteiger partial charge on any atom is -0.354 e. The fourth-order valence-corrected chi connectivity index (χ4v) is 3.33. The Morgan fingerprint density at radius 2 is 2.00 bits per heavy atom. The van der Waals surface area contributed by atoms with Gasteiger partial charge in [0.05, 0.1) is 11.8 Å². The van der Waals surface area contributed by atoms with Crippen molar-refractivity contribution in [1.82, 2.24) is 10.0 Å². The molecule has 0 aromatic rings. The van der Waals surface area contributed by atoms with E-state index < -0.39 is 15.6 Å². The zero-order valence-electron chi connectivity index (χ0n) is 11.0. The number of hydrogen-bond acceptors (Lipinski definition) is 4. The molecule has 112 valence electrons. The number of hydrogen-bond donors (Lipinski definition) is 3. The van der Waals surface area contributed by atoms with Crippen LogP contribution in [-0.2, 0) is 14.8 Å². The lowest BCUT2D eigenvalue weighted by Crippen LogP contribution is -2.47. The highest BCUT2D eigenvalue weighted by molar-refractivity contribution is 7.88. The maximum Gasteiger partial charge on any atom is 0.240 e. The molecule has 2 aliphatic rings. The van der Waals surface area contributed by atoms with Gasteiger partial charge < -0.3 is 11.1 Å². The first kappa shape index (κ1) is 16.7. The smallest absolute Gasteiger partial charge is 0.240 e. The Hall–Kier alpha value is -0.370. The van der Waals surface area contributed by atoms with Crippen molar-refractivity contribution in [1.29, 1.82) is 0 Å². The molecule has 0 saturated heterocycles. The van der Waals surface area contributed by atoms with Gasteiger partial charge >= 0.3 is 0 Å². The van der Waals surface area contributed by atoms with E-state index in [1.54, 1.807) is 0 Å². The van der Waals surface area contributed by atoms with Gasteiger partial charge in [-0.1, -0.05) is 6.42 Å². The van der Waals surface area contributed by atoms with Crippen LogP contribution >= 0.6 is 12.4 Å². The van der Waals surface area contributed by atoms with E-state index in [1.165, 1.54) is 6.26 Å². The Kier molecular flexibility index (Phi) is 5.22. The van der Waals surface area contributed by atoms with Gasteiger partial charge in [-0.25, -0.2) is 13.1 Å². The average Bonchev–Trinajstić information content (AvgIpc) is 2.86. The summed E-state index contributed by atoms with van der Waals surface area (Å²) in [7, 11) is -3.18. The van der Waals surface area contributed by atoms with Crippen LogP contribution in [0.3, 0.4) is 0 Å². The number of amides is 1. The topological polar surface area (TPSA) is 101 Å². The predicted molar refractivity (Wildman–Crippen MR) is 75.5 cm³/mol. The van der Waals surface area contributed by atoms with Crippen LogP contribution < -0.4 is 15.8 Å². The molecule has 0 aromatic carbocycles. The lowest BCUT2D eigenvalue weighted by Gasteiger charge is -2.21. The van der Waals surface area contributed by atoms with Gasteiger partial charge in [0.25, 0.3) is 0 Å². The van der Waals surface area contributed by atoms with Crippen LogP contribution in [0.2, 0.25) is 0 Å². The lowest BCUT2D eigenvalue weighted by atomic mass is 10.0. The molecule has 0 bridgehead atoms. The van der Waals surface area contributed by atoms with Gasteiger partial charge in [-0.15, -0.1) is 12.4 Å². The molecule has 0 radical (unpaired) electrons. The van der Waals surface area contributed by atoms with Crippen molar-refractivity contribution in [3.8, 4) is 0 Å². The first-order valence-electron chi connectivity index (χ1n) is 6.35. The highest BCUT2D eigenvalue weighted by Gasteiger charge is 2.46. The van der Waals surface area contributed by atoms with Crippen LogP contribution in [-0.4, -0.2) is 38.7 Å². The Balaban J connectivity index is 0.00000180. The summed E-state index contributed by atoms with van der Waals surface area (Å²) in [6.07, 6.45) is 5.41. The summed E-state index contributed by atoms with van der Waals surface area (Å²) in [5, 5.41) is 2.84. The molecule has 0 aromatic heterocycles. The zero-order valence-corrected chi connectivity index (χ0v) is 12.6. The van der Waals surface area contributed by atoms with Crippen molar-refractivity contribution >= 4 is 28.3 Å². The summed E-state index contributed by atoms with van der Waals surface area (Å²) in [6.45, 7) is 0.505. The Morgan fingerprint density at radius 1 is 1.37 bits per heavy atom. The maximum absolute atomic E-state index is 11.7. The van der Waals surface area contributed by atoms with E-state index in [4.69, 9.17) is 5.73 Å². The van der Waals surface area contributed by atoms with Gasteiger partial charge in [-0.2, -0.15) is 0 Å². The summed E-state index contributed by atoms with van der Waals surface area (Å²) in [5.41, 5.74) is 5.13. The second-order valence-corrected chi connectivity index (χ2v) is 7.33. The van der Waals surface area contributed by atoms with Crippen LogP contribution in [0.1, 0.15) is 32.1 Å². The van der Waals surface area contributed by atoms with Crippen LogP contribution in [0, 0.1) is 5.92 Å². The Labute approximate surface area is 120 Å².